The molecule has 4 rings (SSSR count). The standard InChI is InChI=1S/C36H43ClN4O7/c1-5-41-18-19-46-30-11-7-6-10-27(30)34(43)40-28(21-33(42)39-29(36(41)45)20-23(2)3)35(44)38-24(4)22-47-31-12-8-9-13-32(31)48-26-16-14-25(37)15-17-26/h6-17,23-24,28-29H,5,18-22H2,1-4H3,(H,38,44)(H,39,42)(H,40,43)/t24-,28+,29+/m1/s1. The van der Waals surface area contributed by atoms with E-state index in [0.29, 0.717) is 41.0 Å². The molecule has 3 atom stereocenters. The van der Waals surface area contributed by atoms with Crippen molar-refractivity contribution >= 4 is 35.2 Å². The lowest BCUT2D eigenvalue weighted by Crippen LogP contribution is -2.54. The summed E-state index contributed by atoms with van der Waals surface area (Å²) in [5.41, 5.74) is 0.202. The average Bonchev–Trinajstić information content (AvgIpc) is 3.06. The number of carbonyl (C=O) groups excluding carboxylic acids is 4. The summed E-state index contributed by atoms with van der Waals surface area (Å²) in [5, 5.41) is 8.95. The molecular weight excluding hydrogens is 636 g/mol. The maximum absolute atomic E-state index is 13.6. The molecule has 0 aromatic heterocycles. The molecular formula is C36H43ClN4O7. The molecule has 3 N–H and O–H groups in total. The Morgan fingerprint density at radius 2 is 1.67 bits per heavy atom. The number of hydrogen-bond donors (Lipinski definition) is 3. The molecule has 3 aromatic rings. The van der Waals surface area contributed by atoms with Crippen molar-refractivity contribution in [1.82, 2.24) is 20.9 Å². The number of nitrogens with one attached hydrogen (secondary N) is 3. The van der Waals surface area contributed by atoms with Gasteiger partial charge in [0.15, 0.2) is 11.5 Å². The number of rotatable bonds is 10. The Labute approximate surface area is 286 Å². The molecule has 4 amide bonds. The average molecular weight is 679 g/mol. The number of halogens is 1. The van der Waals surface area contributed by atoms with E-state index < -0.39 is 35.8 Å². The Balaban J connectivity index is 1.50. The Kier molecular flexibility index (Phi) is 13.1. The minimum absolute atomic E-state index is 0.0636. The van der Waals surface area contributed by atoms with Crippen LogP contribution in [-0.2, 0) is 14.4 Å². The van der Waals surface area contributed by atoms with Gasteiger partial charge in [0.1, 0.15) is 36.8 Å². The summed E-state index contributed by atoms with van der Waals surface area (Å²) in [4.78, 5) is 55.6. The fourth-order valence-corrected chi connectivity index (χ4v) is 5.28. The van der Waals surface area contributed by atoms with Crippen LogP contribution in [0.4, 0.5) is 0 Å². The molecule has 0 bridgehead atoms. The molecule has 1 heterocycles. The Bertz CT molecular complexity index is 1570. The van der Waals surface area contributed by atoms with Crippen LogP contribution < -0.4 is 30.2 Å². The van der Waals surface area contributed by atoms with Crippen molar-refractivity contribution in [3.8, 4) is 23.0 Å². The normalized spacial score (nSPS) is 18.0. The first kappa shape index (κ1) is 36.1. The number of nitrogens with zero attached hydrogens (tertiary/aromatic N) is 1. The third-order valence-electron chi connectivity index (χ3n) is 7.56. The number of carbonyl (C=O) groups is 4. The van der Waals surface area contributed by atoms with Gasteiger partial charge in [-0.2, -0.15) is 0 Å². The number of benzene rings is 3. The minimum Gasteiger partial charge on any atom is -0.491 e. The lowest BCUT2D eigenvalue weighted by molar-refractivity contribution is -0.137. The van der Waals surface area contributed by atoms with Gasteiger partial charge in [0.25, 0.3) is 5.91 Å². The summed E-state index contributed by atoms with van der Waals surface area (Å²) in [5.74, 6) is -0.0115. The first-order chi connectivity index (χ1) is 23.0. The molecule has 12 heteroatoms. The molecule has 1 aliphatic rings. The van der Waals surface area contributed by atoms with Crippen molar-refractivity contribution in [1.29, 1.82) is 0 Å². The molecule has 0 unspecified atom stereocenters. The number of fused-ring (bicyclic) bond motifs is 1. The quantitative estimate of drug-likeness (QED) is 0.275. The van der Waals surface area contributed by atoms with E-state index in [2.05, 4.69) is 16.0 Å². The van der Waals surface area contributed by atoms with Gasteiger partial charge in [0.05, 0.1) is 24.6 Å². The highest BCUT2D eigenvalue weighted by molar-refractivity contribution is 6.30. The van der Waals surface area contributed by atoms with Gasteiger partial charge in [-0.05, 0) is 74.7 Å². The maximum atomic E-state index is 13.6. The number of ether oxygens (including phenoxy) is 3. The van der Waals surface area contributed by atoms with Crippen molar-refractivity contribution in [3.63, 3.8) is 0 Å². The van der Waals surface area contributed by atoms with Crippen LogP contribution in [0.15, 0.2) is 72.8 Å². The van der Waals surface area contributed by atoms with E-state index in [0.717, 1.165) is 0 Å². The summed E-state index contributed by atoms with van der Waals surface area (Å²) in [6.07, 6.45) is 0.0194. The molecule has 256 valence electrons. The number of para-hydroxylation sites is 3. The zero-order valence-corrected chi connectivity index (χ0v) is 28.4. The van der Waals surface area contributed by atoms with Gasteiger partial charge in [-0.1, -0.05) is 49.7 Å². The highest BCUT2D eigenvalue weighted by Gasteiger charge is 2.31. The van der Waals surface area contributed by atoms with Crippen molar-refractivity contribution in [2.75, 3.05) is 26.3 Å². The Morgan fingerprint density at radius 1 is 0.979 bits per heavy atom. The number of hydrogen-bond acceptors (Lipinski definition) is 7. The molecule has 0 radical (unpaired) electrons. The highest BCUT2D eigenvalue weighted by atomic mass is 35.5. The van der Waals surface area contributed by atoms with Crippen LogP contribution in [0.2, 0.25) is 5.02 Å². The molecule has 3 aromatic carbocycles. The summed E-state index contributed by atoms with van der Waals surface area (Å²) < 4.78 is 17.9. The molecule has 1 aliphatic heterocycles. The van der Waals surface area contributed by atoms with E-state index in [-0.39, 0.29) is 43.6 Å². The van der Waals surface area contributed by atoms with Gasteiger partial charge >= 0.3 is 0 Å². The molecule has 0 saturated carbocycles. The van der Waals surface area contributed by atoms with E-state index >= 15 is 0 Å². The predicted molar refractivity (Wildman–Crippen MR) is 183 cm³/mol. The van der Waals surface area contributed by atoms with Crippen LogP contribution in [0.3, 0.4) is 0 Å². The van der Waals surface area contributed by atoms with Crippen LogP contribution in [0.5, 0.6) is 23.0 Å². The van der Waals surface area contributed by atoms with Crippen molar-refractivity contribution in [2.24, 2.45) is 5.92 Å². The summed E-state index contributed by atoms with van der Waals surface area (Å²) >= 11 is 5.99. The fourth-order valence-electron chi connectivity index (χ4n) is 5.15. The zero-order valence-electron chi connectivity index (χ0n) is 27.7. The second-order valence-electron chi connectivity index (χ2n) is 12.0. The van der Waals surface area contributed by atoms with Crippen molar-refractivity contribution in [2.45, 2.75) is 58.7 Å². The largest absolute Gasteiger partial charge is 0.491 e. The van der Waals surface area contributed by atoms with Crippen molar-refractivity contribution in [3.05, 3.63) is 83.4 Å². The van der Waals surface area contributed by atoms with Crippen LogP contribution in [0, 0.1) is 5.92 Å². The first-order valence-corrected chi connectivity index (χ1v) is 16.5. The van der Waals surface area contributed by atoms with E-state index in [1.165, 1.54) is 0 Å². The minimum atomic E-state index is -1.26. The maximum Gasteiger partial charge on any atom is 0.255 e. The molecule has 0 fully saturated rings. The fraction of sp³-hybridized carbons (Fsp3) is 0.389. The summed E-state index contributed by atoms with van der Waals surface area (Å²) in [7, 11) is 0. The number of amides is 4. The first-order valence-electron chi connectivity index (χ1n) is 16.1. The van der Waals surface area contributed by atoms with Crippen molar-refractivity contribution < 1.29 is 33.4 Å². The summed E-state index contributed by atoms with van der Waals surface area (Å²) in [6.45, 7) is 8.41. The van der Waals surface area contributed by atoms with Gasteiger partial charge in [-0.3, -0.25) is 19.2 Å². The van der Waals surface area contributed by atoms with Crippen LogP contribution in [0.25, 0.3) is 0 Å². The van der Waals surface area contributed by atoms with Gasteiger partial charge in [0.2, 0.25) is 17.7 Å². The Morgan fingerprint density at radius 3 is 2.38 bits per heavy atom. The zero-order chi connectivity index (χ0) is 34.6. The predicted octanol–water partition coefficient (Wildman–Crippen LogP) is 4.98. The third kappa shape index (κ3) is 10.4. The van der Waals surface area contributed by atoms with E-state index in [4.69, 9.17) is 25.8 Å². The van der Waals surface area contributed by atoms with E-state index in [1.807, 2.05) is 26.8 Å². The van der Waals surface area contributed by atoms with Crippen LogP contribution >= 0.6 is 11.6 Å². The van der Waals surface area contributed by atoms with Gasteiger partial charge in [-0.25, -0.2) is 0 Å². The Hall–Kier alpha value is -4.77. The molecule has 0 spiro atoms. The molecule has 11 nitrogen and oxygen atoms in total. The lowest BCUT2D eigenvalue weighted by atomic mass is 10.0. The SMILES string of the molecule is CCN1CCOc2ccccc2C(=O)N[C@H](C(=O)N[C@H](C)COc2ccccc2Oc2ccc(Cl)cc2)CC(=O)N[C@@H](CC(C)C)C1=O. The topological polar surface area (TPSA) is 135 Å². The third-order valence-corrected chi connectivity index (χ3v) is 7.82. The second kappa shape index (κ2) is 17.4. The monoisotopic (exact) mass is 678 g/mol. The smallest absolute Gasteiger partial charge is 0.255 e. The van der Waals surface area contributed by atoms with Gasteiger partial charge < -0.3 is 35.1 Å². The lowest BCUT2D eigenvalue weighted by Gasteiger charge is -2.29. The van der Waals surface area contributed by atoms with Crippen LogP contribution in [0.1, 0.15) is 50.9 Å². The summed E-state index contributed by atoms with van der Waals surface area (Å²) in [6, 6.07) is 18.1. The second-order valence-corrected chi connectivity index (χ2v) is 12.4. The molecule has 48 heavy (non-hydrogen) atoms. The van der Waals surface area contributed by atoms with Gasteiger partial charge in [-0.15, -0.1) is 0 Å². The van der Waals surface area contributed by atoms with Gasteiger partial charge in [0, 0.05) is 11.6 Å². The molecule has 0 aliphatic carbocycles. The van der Waals surface area contributed by atoms with E-state index in [1.54, 1.807) is 78.6 Å². The molecule has 0 saturated heterocycles. The number of likely N-dealkylation sites (N-methyl/N-ethyl adjacent to an activating group) is 1. The van der Waals surface area contributed by atoms with E-state index in [9.17, 15) is 19.2 Å². The highest BCUT2D eigenvalue weighted by Crippen LogP contribution is 2.32. The van der Waals surface area contributed by atoms with Crippen LogP contribution in [-0.4, -0.2) is 73.0 Å².